The second-order valence-corrected chi connectivity index (χ2v) is 4.44. The van der Waals surface area contributed by atoms with Crippen LogP contribution < -0.4 is 44.7 Å². The van der Waals surface area contributed by atoms with E-state index in [1.807, 2.05) is 12.1 Å². The van der Waals surface area contributed by atoms with Crippen molar-refractivity contribution in [2.24, 2.45) is 0 Å². The fourth-order valence-electron chi connectivity index (χ4n) is 2.21. The van der Waals surface area contributed by atoms with E-state index in [1.54, 1.807) is 48.5 Å². The van der Waals surface area contributed by atoms with Crippen LogP contribution in [-0.2, 0) is 9.59 Å². The fraction of sp³-hybridized carbons (Fsp3) is 0. The van der Waals surface area contributed by atoms with E-state index in [4.69, 9.17) is 0 Å². The molecule has 0 bridgehead atoms. The minimum absolute atomic E-state index is 0. The third-order valence-corrected chi connectivity index (χ3v) is 3.16. The molecule has 0 aliphatic carbocycles. The van der Waals surface area contributed by atoms with E-state index in [-0.39, 0.29) is 35.1 Å². The van der Waals surface area contributed by atoms with Gasteiger partial charge in [0.1, 0.15) is 0 Å². The molecular formula is C16H11N2NaO3. The van der Waals surface area contributed by atoms with Crippen molar-refractivity contribution in [3.05, 3.63) is 72.5 Å². The molecule has 1 fully saturated rings. The van der Waals surface area contributed by atoms with Gasteiger partial charge in [-0.3, -0.25) is 9.59 Å². The normalized spacial score (nSPS) is 14.1. The van der Waals surface area contributed by atoms with E-state index in [2.05, 4.69) is 0 Å². The summed E-state index contributed by atoms with van der Waals surface area (Å²) in [4.78, 5) is 24.7. The Morgan fingerprint density at radius 1 is 0.727 bits per heavy atom. The van der Waals surface area contributed by atoms with Crippen molar-refractivity contribution in [3.8, 4) is 0 Å². The van der Waals surface area contributed by atoms with Gasteiger partial charge in [-0.15, -0.1) is 6.26 Å². The van der Waals surface area contributed by atoms with Gasteiger partial charge >= 0.3 is 29.6 Å². The molecule has 0 atom stereocenters. The van der Waals surface area contributed by atoms with Gasteiger partial charge in [0.25, 0.3) is 11.8 Å². The zero-order valence-corrected chi connectivity index (χ0v) is 14.0. The van der Waals surface area contributed by atoms with Gasteiger partial charge in [0.15, 0.2) is 0 Å². The van der Waals surface area contributed by atoms with E-state index < -0.39 is 11.8 Å². The van der Waals surface area contributed by atoms with Crippen LogP contribution in [0.15, 0.2) is 72.5 Å². The Morgan fingerprint density at radius 2 is 1.09 bits per heavy atom. The number of benzene rings is 2. The second kappa shape index (κ2) is 6.79. The average Bonchev–Trinajstić information content (AvgIpc) is 2.79. The number of carbonyl (C=O) groups is 2. The van der Waals surface area contributed by atoms with Gasteiger partial charge in [-0.05, 0) is 24.3 Å². The maximum absolute atomic E-state index is 12.3. The molecule has 6 heteroatoms. The number of hydrogen-bond acceptors (Lipinski definition) is 3. The summed E-state index contributed by atoms with van der Waals surface area (Å²) < 4.78 is 0. The maximum atomic E-state index is 12.3. The molecule has 0 saturated carbocycles. The zero-order chi connectivity index (χ0) is 14.8. The van der Waals surface area contributed by atoms with Gasteiger partial charge in [0.05, 0.1) is 16.9 Å². The Morgan fingerprint density at radius 3 is 1.41 bits per heavy atom. The molecule has 1 aliphatic heterocycles. The monoisotopic (exact) mass is 302 g/mol. The summed E-state index contributed by atoms with van der Waals surface area (Å²) in [6.07, 6.45) is 0.309. The molecular weight excluding hydrogens is 291 g/mol. The zero-order valence-electron chi connectivity index (χ0n) is 12.0. The smallest absolute Gasteiger partial charge is 0.877 e. The molecule has 2 aromatic carbocycles. The maximum Gasteiger partial charge on any atom is 1.00 e. The largest absolute Gasteiger partial charge is 1.00 e. The fourth-order valence-corrected chi connectivity index (χ4v) is 2.21. The van der Waals surface area contributed by atoms with Crippen LogP contribution in [0.4, 0.5) is 11.4 Å². The molecule has 5 nitrogen and oxygen atoms in total. The Labute approximate surface area is 149 Å². The SMILES string of the molecule is O=C1C(=C[O-])C(=O)N(c2ccccc2)N1c1ccccc1.[Na+]. The topological polar surface area (TPSA) is 63.7 Å². The first-order valence-corrected chi connectivity index (χ1v) is 6.35. The third kappa shape index (κ3) is 2.66. The first-order chi connectivity index (χ1) is 10.2. The summed E-state index contributed by atoms with van der Waals surface area (Å²) in [7, 11) is 0. The molecule has 2 amide bonds. The molecule has 1 aliphatic rings. The molecule has 3 rings (SSSR count). The molecule has 1 heterocycles. The van der Waals surface area contributed by atoms with Crippen molar-refractivity contribution in [1.82, 2.24) is 0 Å². The Balaban J connectivity index is 0.00000176. The minimum Gasteiger partial charge on any atom is -0.877 e. The van der Waals surface area contributed by atoms with Crippen LogP contribution in [0.3, 0.4) is 0 Å². The van der Waals surface area contributed by atoms with Gasteiger partial charge in [-0.25, -0.2) is 10.0 Å². The summed E-state index contributed by atoms with van der Waals surface area (Å²) in [5.74, 6) is -1.24. The standard InChI is InChI=1S/C16H12N2O3.Na/c19-11-14-15(20)17(12-7-3-1-4-8-12)18(16(14)21)13-9-5-2-6-10-13;/h1-11,19H;/q;+1/p-1. The predicted molar refractivity (Wildman–Crippen MR) is 75.9 cm³/mol. The number of para-hydroxylation sites is 2. The summed E-state index contributed by atoms with van der Waals surface area (Å²) >= 11 is 0. The van der Waals surface area contributed by atoms with Crippen molar-refractivity contribution >= 4 is 23.2 Å². The predicted octanol–water partition coefficient (Wildman–Crippen LogP) is -1.77. The Bertz CT molecular complexity index is 657. The van der Waals surface area contributed by atoms with Crippen molar-refractivity contribution in [3.63, 3.8) is 0 Å². The Hall–Kier alpha value is -2.08. The van der Waals surface area contributed by atoms with Crippen molar-refractivity contribution in [2.45, 2.75) is 0 Å². The molecule has 0 radical (unpaired) electrons. The second-order valence-electron chi connectivity index (χ2n) is 4.44. The first-order valence-electron chi connectivity index (χ1n) is 6.35. The number of hydrazine groups is 1. The molecule has 0 N–H and O–H groups in total. The molecule has 104 valence electrons. The molecule has 0 unspecified atom stereocenters. The van der Waals surface area contributed by atoms with Gasteiger partial charge in [0, 0.05) is 0 Å². The summed E-state index contributed by atoms with van der Waals surface area (Å²) in [6, 6.07) is 17.5. The van der Waals surface area contributed by atoms with Gasteiger partial charge in [-0.1, -0.05) is 36.4 Å². The van der Waals surface area contributed by atoms with Gasteiger partial charge in [-0.2, -0.15) is 0 Å². The quantitative estimate of drug-likeness (QED) is 0.285. The van der Waals surface area contributed by atoms with Crippen molar-refractivity contribution in [2.75, 3.05) is 10.0 Å². The number of anilines is 2. The Kier molecular flexibility index (Phi) is 5.03. The molecule has 0 spiro atoms. The van der Waals surface area contributed by atoms with Crippen LogP contribution in [0.2, 0.25) is 0 Å². The number of amides is 2. The number of rotatable bonds is 2. The van der Waals surface area contributed by atoms with Crippen molar-refractivity contribution in [1.29, 1.82) is 0 Å². The number of nitrogens with zero attached hydrogens (tertiary/aromatic N) is 2. The molecule has 22 heavy (non-hydrogen) atoms. The number of hydrogen-bond donors (Lipinski definition) is 0. The van der Waals surface area contributed by atoms with Gasteiger partial charge in [0.2, 0.25) is 0 Å². The molecule has 1 saturated heterocycles. The van der Waals surface area contributed by atoms with Crippen LogP contribution in [0.1, 0.15) is 0 Å². The first kappa shape index (κ1) is 16.3. The minimum atomic E-state index is -0.620. The van der Waals surface area contributed by atoms with Crippen LogP contribution >= 0.6 is 0 Å². The van der Waals surface area contributed by atoms with E-state index in [0.29, 0.717) is 17.6 Å². The van der Waals surface area contributed by atoms with Crippen LogP contribution in [-0.4, -0.2) is 11.8 Å². The van der Waals surface area contributed by atoms with E-state index in [1.165, 1.54) is 10.0 Å². The van der Waals surface area contributed by atoms with Crippen LogP contribution in [0.25, 0.3) is 0 Å². The van der Waals surface area contributed by atoms with Crippen LogP contribution in [0, 0.1) is 0 Å². The third-order valence-electron chi connectivity index (χ3n) is 3.16. The van der Waals surface area contributed by atoms with Gasteiger partial charge < -0.3 is 5.11 Å². The van der Waals surface area contributed by atoms with E-state index in [9.17, 15) is 14.7 Å². The summed E-state index contributed by atoms with van der Waals surface area (Å²) in [5, 5.41) is 13.5. The summed E-state index contributed by atoms with van der Waals surface area (Å²) in [5.41, 5.74) is 0.677. The van der Waals surface area contributed by atoms with E-state index >= 15 is 0 Å². The van der Waals surface area contributed by atoms with Crippen molar-refractivity contribution < 1.29 is 44.3 Å². The summed E-state index contributed by atoms with van der Waals surface area (Å²) in [6.45, 7) is 0. The van der Waals surface area contributed by atoms with Crippen LogP contribution in [0.5, 0.6) is 0 Å². The molecule has 0 aromatic heterocycles. The number of carbonyl (C=O) groups excluding carboxylic acids is 2. The molecule has 2 aromatic rings. The van der Waals surface area contributed by atoms with E-state index in [0.717, 1.165) is 0 Å². The average molecular weight is 302 g/mol.